The minimum atomic E-state index is -3.67. The van der Waals surface area contributed by atoms with Crippen molar-refractivity contribution >= 4 is 16.0 Å². The quantitative estimate of drug-likeness (QED) is 0.797. The molecule has 108 valence electrons. The molecule has 1 unspecified atom stereocenters. The second-order valence-electron chi connectivity index (χ2n) is 4.58. The molecule has 7 nitrogen and oxygen atoms in total. The molecule has 8 heteroatoms. The highest BCUT2D eigenvalue weighted by Crippen LogP contribution is 2.19. The number of carboxylic acid groups (broad SMARTS) is 1. The normalized spacial score (nSPS) is 13.5. The van der Waals surface area contributed by atoms with Gasteiger partial charge in [-0.25, -0.2) is 13.1 Å². The molecule has 1 heterocycles. The lowest BCUT2D eigenvalue weighted by Crippen LogP contribution is -2.33. The van der Waals surface area contributed by atoms with Gasteiger partial charge in [-0.3, -0.25) is 9.48 Å². The van der Waals surface area contributed by atoms with Gasteiger partial charge in [0.1, 0.15) is 4.90 Å². The summed E-state index contributed by atoms with van der Waals surface area (Å²) in [7, 11) is -2.00. The van der Waals surface area contributed by atoms with Gasteiger partial charge in [0.15, 0.2) is 0 Å². The third kappa shape index (κ3) is 3.77. The predicted octanol–water partition coefficient (Wildman–Crippen LogP) is 0.569. The second kappa shape index (κ2) is 5.70. The molecule has 0 fully saturated rings. The first-order valence-corrected chi connectivity index (χ1v) is 7.37. The van der Waals surface area contributed by atoms with E-state index in [1.54, 1.807) is 27.8 Å². The number of nitrogens with one attached hydrogen (secondary N) is 1. The van der Waals surface area contributed by atoms with Crippen molar-refractivity contribution in [3.8, 4) is 0 Å². The highest BCUT2D eigenvalue weighted by Gasteiger charge is 2.25. The van der Waals surface area contributed by atoms with E-state index in [9.17, 15) is 13.2 Å². The van der Waals surface area contributed by atoms with Gasteiger partial charge in [-0.05, 0) is 27.2 Å². The number of carboxylic acids is 1. The molecular formula is C11H19N3O4S. The third-order valence-electron chi connectivity index (χ3n) is 2.86. The summed E-state index contributed by atoms with van der Waals surface area (Å²) in [6.45, 7) is 4.95. The number of rotatable bonds is 6. The third-order valence-corrected chi connectivity index (χ3v) is 4.70. The van der Waals surface area contributed by atoms with Gasteiger partial charge in [0.05, 0.1) is 11.4 Å². The van der Waals surface area contributed by atoms with Crippen molar-refractivity contribution in [1.29, 1.82) is 0 Å². The Morgan fingerprint density at radius 1 is 1.47 bits per heavy atom. The van der Waals surface area contributed by atoms with Crippen LogP contribution in [0.4, 0.5) is 0 Å². The standard InChI is InChI=1S/C11H19N3O4S/c1-7(5-6-10(15)16)13-19(17,18)11-8(2)12-14(4)9(11)3/h7,13H,5-6H2,1-4H3,(H,15,16). The highest BCUT2D eigenvalue weighted by molar-refractivity contribution is 7.89. The van der Waals surface area contributed by atoms with Gasteiger partial charge in [0.25, 0.3) is 0 Å². The van der Waals surface area contributed by atoms with Gasteiger partial charge < -0.3 is 5.11 Å². The molecule has 0 amide bonds. The zero-order valence-electron chi connectivity index (χ0n) is 11.5. The van der Waals surface area contributed by atoms with Crippen molar-refractivity contribution in [2.24, 2.45) is 7.05 Å². The Kier molecular flexibility index (Phi) is 4.70. The minimum Gasteiger partial charge on any atom is -0.481 e. The molecule has 2 N–H and O–H groups in total. The van der Waals surface area contributed by atoms with Gasteiger partial charge in [-0.2, -0.15) is 5.10 Å². The van der Waals surface area contributed by atoms with Crippen molar-refractivity contribution in [2.75, 3.05) is 0 Å². The Hall–Kier alpha value is -1.41. The Balaban J connectivity index is 2.90. The van der Waals surface area contributed by atoms with Crippen molar-refractivity contribution in [3.05, 3.63) is 11.4 Å². The molecule has 0 saturated heterocycles. The first kappa shape index (κ1) is 15.6. The van der Waals surface area contributed by atoms with Gasteiger partial charge in [0, 0.05) is 19.5 Å². The average Bonchev–Trinajstić information content (AvgIpc) is 2.49. The van der Waals surface area contributed by atoms with Gasteiger partial charge in [-0.1, -0.05) is 0 Å². The van der Waals surface area contributed by atoms with Gasteiger partial charge in [-0.15, -0.1) is 0 Å². The fourth-order valence-electron chi connectivity index (χ4n) is 1.87. The maximum absolute atomic E-state index is 12.2. The first-order valence-electron chi connectivity index (χ1n) is 5.89. The SMILES string of the molecule is Cc1nn(C)c(C)c1S(=O)(=O)NC(C)CCC(=O)O. The van der Waals surface area contributed by atoms with Crippen LogP contribution in [0.15, 0.2) is 4.90 Å². The van der Waals surface area contributed by atoms with Crippen molar-refractivity contribution in [3.63, 3.8) is 0 Å². The van der Waals surface area contributed by atoms with Crippen molar-refractivity contribution < 1.29 is 18.3 Å². The Labute approximate surface area is 112 Å². The van der Waals surface area contributed by atoms with Crippen LogP contribution in [0.2, 0.25) is 0 Å². The van der Waals surface area contributed by atoms with Crippen LogP contribution in [-0.4, -0.2) is 35.3 Å². The van der Waals surface area contributed by atoms with Crippen molar-refractivity contribution in [1.82, 2.24) is 14.5 Å². The fourth-order valence-corrected chi connectivity index (χ4v) is 3.58. The Morgan fingerprint density at radius 3 is 2.47 bits per heavy atom. The maximum Gasteiger partial charge on any atom is 0.303 e. The second-order valence-corrected chi connectivity index (χ2v) is 6.23. The van der Waals surface area contributed by atoms with E-state index in [0.29, 0.717) is 11.4 Å². The molecule has 0 aromatic carbocycles. The summed E-state index contributed by atoms with van der Waals surface area (Å²) < 4.78 is 28.4. The summed E-state index contributed by atoms with van der Waals surface area (Å²) in [4.78, 5) is 10.6. The predicted molar refractivity (Wildman–Crippen MR) is 69.3 cm³/mol. The van der Waals surface area contributed by atoms with E-state index < -0.39 is 22.0 Å². The van der Waals surface area contributed by atoms with Crippen LogP contribution in [0.5, 0.6) is 0 Å². The highest BCUT2D eigenvalue weighted by atomic mass is 32.2. The van der Waals surface area contributed by atoms with E-state index in [-0.39, 0.29) is 17.7 Å². The van der Waals surface area contributed by atoms with Crippen LogP contribution in [0, 0.1) is 13.8 Å². The summed E-state index contributed by atoms with van der Waals surface area (Å²) in [5.41, 5.74) is 0.980. The lowest BCUT2D eigenvalue weighted by molar-refractivity contribution is -0.137. The topological polar surface area (TPSA) is 101 Å². The van der Waals surface area contributed by atoms with Crippen LogP contribution in [0.1, 0.15) is 31.2 Å². The van der Waals surface area contributed by atoms with Crippen LogP contribution >= 0.6 is 0 Å². The number of hydrogen-bond donors (Lipinski definition) is 2. The maximum atomic E-state index is 12.2. The fraction of sp³-hybridized carbons (Fsp3) is 0.636. The van der Waals surface area contributed by atoms with E-state index >= 15 is 0 Å². The van der Waals surface area contributed by atoms with E-state index in [4.69, 9.17) is 5.11 Å². The molecule has 19 heavy (non-hydrogen) atoms. The average molecular weight is 289 g/mol. The van der Waals surface area contributed by atoms with Gasteiger partial charge >= 0.3 is 5.97 Å². The van der Waals surface area contributed by atoms with E-state index in [1.165, 1.54) is 4.68 Å². The number of aliphatic carboxylic acids is 1. The van der Waals surface area contributed by atoms with Crippen LogP contribution in [-0.2, 0) is 21.9 Å². The molecule has 1 rings (SSSR count). The molecule has 0 radical (unpaired) electrons. The number of nitrogens with zero attached hydrogens (tertiary/aromatic N) is 2. The van der Waals surface area contributed by atoms with Crippen LogP contribution in [0.3, 0.4) is 0 Å². The lowest BCUT2D eigenvalue weighted by Gasteiger charge is -2.13. The summed E-state index contributed by atoms with van der Waals surface area (Å²) in [5, 5.41) is 12.6. The molecule has 0 aliphatic rings. The zero-order chi connectivity index (χ0) is 14.8. The molecule has 1 aromatic rings. The number of aromatic nitrogens is 2. The smallest absolute Gasteiger partial charge is 0.303 e. The molecule has 0 bridgehead atoms. The molecule has 0 spiro atoms. The number of aryl methyl sites for hydroxylation is 2. The Bertz CT molecular complexity index is 577. The molecule has 0 saturated carbocycles. The number of hydrogen-bond acceptors (Lipinski definition) is 4. The van der Waals surface area contributed by atoms with E-state index in [2.05, 4.69) is 9.82 Å². The molecule has 1 aromatic heterocycles. The molecule has 1 atom stereocenters. The van der Waals surface area contributed by atoms with Crippen LogP contribution in [0.25, 0.3) is 0 Å². The number of carbonyl (C=O) groups is 1. The summed E-state index contributed by atoms with van der Waals surface area (Å²) >= 11 is 0. The van der Waals surface area contributed by atoms with Crippen molar-refractivity contribution in [2.45, 2.75) is 44.6 Å². The van der Waals surface area contributed by atoms with E-state index in [1.807, 2.05) is 0 Å². The lowest BCUT2D eigenvalue weighted by atomic mass is 10.2. The number of sulfonamides is 1. The first-order chi connectivity index (χ1) is 8.65. The summed E-state index contributed by atoms with van der Waals surface area (Å²) in [6, 6.07) is -0.444. The Morgan fingerprint density at radius 2 is 2.05 bits per heavy atom. The molecular weight excluding hydrogens is 270 g/mol. The van der Waals surface area contributed by atoms with Gasteiger partial charge in [0.2, 0.25) is 10.0 Å². The van der Waals surface area contributed by atoms with Crippen LogP contribution < -0.4 is 4.72 Å². The monoisotopic (exact) mass is 289 g/mol. The summed E-state index contributed by atoms with van der Waals surface area (Å²) in [5.74, 6) is -0.945. The summed E-state index contributed by atoms with van der Waals surface area (Å²) in [6.07, 6.45) is 0.168. The largest absolute Gasteiger partial charge is 0.481 e. The molecule has 0 aliphatic heterocycles. The van der Waals surface area contributed by atoms with E-state index in [0.717, 1.165) is 0 Å². The molecule has 0 aliphatic carbocycles. The zero-order valence-corrected chi connectivity index (χ0v) is 12.3. The minimum absolute atomic E-state index is 0.0747.